The summed E-state index contributed by atoms with van der Waals surface area (Å²) >= 11 is 0. The molecule has 0 aliphatic rings. The predicted molar refractivity (Wildman–Crippen MR) is 84.5 cm³/mol. The lowest BCUT2D eigenvalue weighted by Gasteiger charge is -2.33. The quantitative estimate of drug-likeness (QED) is 0.853. The van der Waals surface area contributed by atoms with Crippen LogP contribution in [0.1, 0.15) is 46.6 Å². The first-order valence-electron chi connectivity index (χ1n) is 7.13. The van der Waals surface area contributed by atoms with Crippen LogP contribution in [-0.4, -0.2) is 19.8 Å². The van der Waals surface area contributed by atoms with Crippen molar-refractivity contribution in [2.75, 3.05) is 14.2 Å². The highest BCUT2D eigenvalue weighted by atomic mass is 16.5. The van der Waals surface area contributed by atoms with Crippen LogP contribution in [-0.2, 0) is 6.54 Å². The molecule has 114 valence electrons. The van der Waals surface area contributed by atoms with E-state index in [-0.39, 0.29) is 5.54 Å². The van der Waals surface area contributed by atoms with Gasteiger partial charge in [0.15, 0.2) is 11.5 Å². The molecule has 1 aromatic carbocycles. The van der Waals surface area contributed by atoms with E-state index in [1.165, 1.54) is 5.56 Å². The Kier molecular flexibility index (Phi) is 5.46. The Morgan fingerprint density at radius 1 is 0.950 bits per heavy atom. The van der Waals surface area contributed by atoms with Crippen molar-refractivity contribution in [3.63, 3.8) is 0 Å². The summed E-state index contributed by atoms with van der Waals surface area (Å²) in [6.45, 7) is 12.1. The molecular weight excluding hydrogens is 250 g/mol. The normalized spacial score (nSPS) is 12.3. The Labute approximate surface area is 123 Å². The van der Waals surface area contributed by atoms with Crippen LogP contribution in [0.15, 0.2) is 18.2 Å². The van der Waals surface area contributed by atoms with E-state index in [9.17, 15) is 0 Å². The first kappa shape index (κ1) is 16.8. The van der Waals surface area contributed by atoms with Gasteiger partial charge in [-0.15, -0.1) is 0 Å². The van der Waals surface area contributed by atoms with Gasteiger partial charge < -0.3 is 14.8 Å². The van der Waals surface area contributed by atoms with E-state index in [1.807, 2.05) is 12.1 Å². The summed E-state index contributed by atoms with van der Waals surface area (Å²) in [4.78, 5) is 0. The lowest BCUT2D eigenvalue weighted by Crippen LogP contribution is -2.41. The van der Waals surface area contributed by atoms with E-state index >= 15 is 0 Å². The van der Waals surface area contributed by atoms with Crippen molar-refractivity contribution >= 4 is 0 Å². The summed E-state index contributed by atoms with van der Waals surface area (Å²) in [6.07, 6.45) is 1.12. The molecule has 0 radical (unpaired) electrons. The minimum Gasteiger partial charge on any atom is -0.493 e. The highest BCUT2D eigenvalue weighted by Gasteiger charge is 2.24. The van der Waals surface area contributed by atoms with Crippen LogP contribution in [0.4, 0.5) is 0 Å². The van der Waals surface area contributed by atoms with Crippen molar-refractivity contribution < 1.29 is 9.47 Å². The van der Waals surface area contributed by atoms with Crippen LogP contribution in [0.5, 0.6) is 11.5 Å². The number of methoxy groups -OCH3 is 2. The second kappa shape index (κ2) is 6.49. The Morgan fingerprint density at radius 3 is 2.05 bits per heavy atom. The smallest absolute Gasteiger partial charge is 0.161 e. The number of rotatable bonds is 6. The molecule has 0 aliphatic carbocycles. The molecule has 0 amide bonds. The van der Waals surface area contributed by atoms with Gasteiger partial charge in [-0.2, -0.15) is 0 Å². The van der Waals surface area contributed by atoms with E-state index in [1.54, 1.807) is 14.2 Å². The monoisotopic (exact) mass is 279 g/mol. The topological polar surface area (TPSA) is 30.5 Å². The molecule has 0 fully saturated rings. The van der Waals surface area contributed by atoms with Crippen LogP contribution in [0.2, 0.25) is 0 Å². The summed E-state index contributed by atoms with van der Waals surface area (Å²) < 4.78 is 10.6. The van der Waals surface area contributed by atoms with E-state index in [0.29, 0.717) is 5.41 Å². The number of nitrogens with one attached hydrogen (secondary N) is 1. The SMILES string of the molecule is COc1ccc(CNC(C)(C)CC(C)(C)C)cc1OC. The first-order valence-corrected chi connectivity index (χ1v) is 7.13. The van der Waals surface area contributed by atoms with Gasteiger partial charge in [-0.05, 0) is 43.4 Å². The van der Waals surface area contributed by atoms with Crippen LogP contribution >= 0.6 is 0 Å². The summed E-state index contributed by atoms with van der Waals surface area (Å²) in [5.74, 6) is 1.55. The molecule has 0 unspecified atom stereocenters. The van der Waals surface area contributed by atoms with Gasteiger partial charge in [-0.1, -0.05) is 26.8 Å². The largest absolute Gasteiger partial charge is 0.493 e. The summed E-state index contributed by atoms with van der Waals surface area (Å²) in [6, 6.07) is 6.05. The maximum Gasteiger partial charge on any atom is 0.161 e. The van der Waals surface area contributed by atoms with Crippen molar-refractivity contribution in [2.45, 2.75) is 53.1 Å². The third-order valence-corrected chi connectivity index (χ3v) is 3.19. The van der Waals surface area contributed by atoms with Crippen LogP contribution < -0.4 is 14.8 Å². The van der Waals surface area contributed by atoms with Crippen LogP contribution in [0, 0.1) is 5.41 Å². The fraction of sp³-hybridized carbons (Fsp3) is 0.647. The van der Waals surface area contributed by atoms with Crippen molar-refractivity contribution in [1.29, 1.82) is 0 Å². The molecule has 1 N–H and O–H groups in total. The minimum atomic E-state index is 0.103. The minimum absolute atomic E-state index is 0.103. The molecular formula is C17H29NO2. The van der Waals surface area contributed by atoms with Crippen molar-refractivity contribution in [2.24, 2.45) is 5.41 Å². The Hall–Kier alpha value is -1.22. The van der Waals surface area contributed by atoms with Crippen molar-refractivity contribution in [3.8, 4) is 11.5 Å². The van der Waals surface area contributed by atoms with E-state index in [0.717, 1.165) is 24.5 Å². The maximum absolute atomic E-state index is 5.34. The Balaban J connectivity index is 2.70. The summed E-state index contributed by atoms with van der Waals surface area (Å²) in [5.41, 5.74) is 1.61. The molecule has 0 saturated carbocycles. The standard InChI is InChI=1S/C17H29NO2/c1-16(2,3)12-17(4,5)18-11-13-8-9-14(19-6)15(10-13)20-7/h8-10,18H,11-12H2,1-7H3. The molecule has 0 saturated heterocycles. The summed E-state index contributed by atoms with van der Waals surface area (Å²) in [7, 11) is 3.32. The molecule has 1 aromatic rings. The second-order valence-electron chi connectivity index (χ2n) is 7.16. The third kappa shape index (κ3) is 5.41. The van der Waals surface area contributed by atoms with Gasteiger partial charge in [0.25, 0.3) is 0 Å². The zero-order chi connectivity index (χ0) is 15.4. The van der Waals surface area contributed by atoms with E-state index in [4.69, 9.17) is 9.47 Å². The molecule has 3 heteroatoms. The van der Waals surface area contributed by atoms with Crippen molar-refractivity contribution in [3.05, 3.63) is 23.8 Å². The zero-order valence-electron chi connectivity index (χ0n) is 14.0. The van der Waals surface area contributed by atoms with Gasteiger partial charge in [0, 0.05) is 12.1 Å². The van der Waals surface area contributed by atoms with Gasteiger partial charge in [0.2, 0.25) is 0 Å². The molecule has 0 bridgehead atoms. The molecule has 0 aliphatic heterocycles. The molecule has 0 aromatic heterocycles. The van der Waals surface area contributed by atoms with Crippen LogP contribution in [0.25, 0.3) is 0 Å². The fourth-order valence-electron chi connectivity index (χ4n) is 2.72. The van der Waals surface area contributed by atoms with Gasteiger partial charge in [-0.3, -0.25) is 0 Å². The van der Waals surface area contributed by atoms with Gasteiger partial charge >= 0.3 is 0 Å². The maximum atomic E-state index is 5.34. The van der Waals surface area contributed by atoms with Gasteiger partial charge in [0.05, 0.1) is 14.2 Å². The predicted octanol–water partition coefficient (Wildman–Crippen LogP) is 4.01. The van der Waals surface area contributed by atoms with Gasteiger partial charge in [0.1, 0.15) is 0 Å². The molecule has 0 spiro atoms. The zero-order valence-corrected chi connectivity index (χ0v) is 14.0. The van der Waals surface area contributed by atoms with Crippen LogP contribution in [0.3, 0.4) is 0 Å². The Morgan fingerprint density at radius 2 is 1.55 bits per heavy atom. The number of benzene rings is 1. The third-order valence-electron chi connectivity index (χ3n) is 3.19. The molecule has 3 nitrogen and oxygen atoms in total. The lowest BCUT2D eigenvalue weighted by molar-refractivity contribution is 0.240. The van der Waals surface area contributed by atoms with E-state index in [2.05, 4.69) is 46.0 Å². The fourth-order valence-corrected chi connectivity index (χ4v) is 2.72. The van der Waals surface area contributed by atoms with Crippen molar-refractivity contribution in [1.82, 2.24) is 5.32 Å². The van der Waals surface area contributed by atoms with E-state index < -0.39 is 0 Å². The highest BCUT2D eigenvalue weighted by Crippen LogP contribution is 2.29. The second-order valence-corrected chi connectivity index (χ2v) is 7.16. The lowest BCUT2D eigenvalue weighted by atomic mass is 9.82. The molecule has 0 atom stereocenters. The Bertz CT molecular complexity index is 433. The first-order chi connectivity index (χ1) is 9.17. The number of hydrogen-bond acceptors (Lipinski definition) is 3. The molecule has 1 rings (SSSR count). The highest BCUT2D eigenvalue weighted by molar-refractivity contribution is 5.42. The average molecular weight is 279 g/mol. The average Bonchev–Trinajstić information content (AvgIpc) is 2.33. The van der Waals surface area contributed by atoms with Gasteiger partial charge in [-0.25, -0.2) is 0 Å². The number of hydrogen-bond donors (Lipinski definition) is 1. The number of ether oxygens (including phenoxy) is 2. The molecule has 0 heterocycles. The molecule has 20 heavy (non-hydrogen) atoms. The summed E-state index contributed by atoms with van der Waals surface area (Å²) in [5, 5.41) is 3.62.